The molecule has 0 unspecified atom stereocenters. The number of ether oxygens (including phenoxy) is 3. The number of Topliss-reactive ketones (excluding diaryl/α,β-unsaturated/α-hetero) is 1. The molecule has 0 saturated heterocycles. The number of hydrogen-bond acceptors (Lipinski definition) is 6. The van der Waals surface area contributed by atoms with Gasteiger partial charge in [0.2, 0.25) is 0 Å². The van der Waals surface area contributed by atoms with Gasteiger partial charge in [-0.15, -0.1) is 0 Å². The minimum absolute atomic E-state index is 0.0829. The third kappa shape index (κ3) is 11.9. The monoisotopic (exact) mass is 263 g/mol. The van der Waals surface area contributed by atoms with Crippen LogP contribution in [0.5, 0.6) is 0 Å². The third-order valence-electron chi connectivity index (χ3n) is 2.23. The first-order chi connectivity index (χ1) is 8.68. The van der Waals surface area contributed by atoms with Gasteiger partial charge in [-0.05, 0) is 0 Å². The fourth-order valence-corrected chi connectivity index (χ4v) is 1.11. The van der Waals surface area contributed by atoms with E-state index in [2.05, 4.69) is 4.84 Å². The van der Waals surface area contributed by atoms with Crippen LogP contribution in [0.4, 0.5) is 0 Å². The average molecular weight is 263 g/mol. The highest BCUT2D eigenvalue weighted by molar-refractivity contribution is 5.80. The van der Waals surface area contributed by atoms with E-state index in [1.165, 1.54) is 0 Å². The molecule has 0 atom stereocenters. The van der Waals surface area contributed by atoms with E-state index in [1.54, 1.807) is 0 Å². The average Bonchev–Trinajstić information content (AvgIpc) is 2.35. The summed E-state index contributed by atoms with van der Waals surface area (Å²) in [6.45, 7) is 7.12. The zero-order valence-corrected chi connectivity index (χ0v) is 11.4. The molecular weight excluding hydrogens is 238 g/mol. The van der Waals surface area contributed by atoms with Crippen molar-refractivity contribution < 1.29 is 23.8 Å². The molecule has 0 rings (SSSR count). The van der Waals surface area contributed by atoms with Gasteiger partial charge >= 0.3 is 0 Å². The topological polar surface area (TPSA) is 80.0 Å². The Bertz CT molecular complexity index is 199. The molecule has 0 bridgehead atoms. The highest BCUT2D eigenvalue weighted by Gasteiger charge is 2.05. The van der Waals surface area contributed by atoms with Crippen LogP contribution in [-0.4, -0.2) is 52.0 Å². The molecule has 0 heterocycles. The van der Waals surface area contributed by atoms with Crippen molar-refractivity contribution in [1.29, 1.82) is 0 Å². The summed E-state index contributed by atoms with van der Waals surface area (Å²) >= 11 is 0. The van der Waals surface area contributed by atoms with E-state index in [4.69, 9.17) is 20.1 Å². The Balaban J connectivity index is 3.05. The van der Waals surface area contributed by atoms with Crippen molar-refractivity contribution >= 4 is 5.78 Å². The Morgan fingerprint density at radius 1 is 0.889 bits per heavy atom. The van der Waals surface area contributed by atoms with Crippen molar-refractivity contribution in [3.05, 3.63) is 0 Å². The zero-order valence-electron chi connectivity index (χ0n) is 11.4. The van der Waals surface area contributed by atoms with Crippen LogP contribution in [0.15, 0.2) is 0 Å². The lowest BCUT2D eigenvalue weighted by molar-refractivity contribution is -0.123. The standard InChI is InChI=1S/C12H25NO5/c1-11(2)12(14)3-4-15-5-6-16-7-8-17-9-10-18-13/h11H,3-10,13H2,1-2H3. The molecule has 2 N–H and O–H groups in total. The normalized spacial score (nSPS) is 11.1. The van der Waals surface area contributed by atoms with E-state index in [9.17, 15) is 4.79 Å². The van der Waals surface area contributed by atoms with Gasteiger partial charge in [0, 0.05) is 12.3 Å². The highest BCUT2D eigenvalue weighted by atomic mass is 16.6. The van der Waals surface area contributed by atoms with E-state index >= 15 is 0 Å². The SMILES string of the molecule is CC(C)C(=O)CCOCCOCCOCCON. The molecule has 0 aliphatic heterocycles. The predicted octanol–water partition coefficient (Wildman–Crippen LogP) is 0.542. The lowest BCUT2D eigenvalue weighted by Gasteiger charge is -2.07. The van der Waals surface area contributed by atoms with Gasteiger partial charge in [0.05, 0.1) is 46.2 Å². The van der Waals surface area contributed by atoms with Crippen molar-refractivity contribution in [1.82, 2.24) is 0 Å². The van der Waals surface area contributed by atoms with Crippen molar-refractivity contribution in [2.75, 3.05) is 46.2 Å². The molecule has 0 saturated carbocycles. The van der Waals surface area contributed by atoms with Crippen LogP contribution in [0.2, 0.25) is 0 Å². The number of nitrogens with two attached hydrogens (primary N) is 1. The van der Waals surface area contributed by atoms with Crippen molar-refractivity contribution in [2.45, 2.75) is 20.3 Å². The molecule has 0 fully saturated rings. The van der Waals surface area contributed by atoms with E-state index < -0.39 is 0 Å². The van der Waals surface area contributed by atoms with E-state index in [0.717, 1.165) is 0 Å². The van der Waals surface area contributed by atoms with Gasteiger partial charge in [-0.2, -0.15) is 0 Å². The molecule has 0 aromatic heterocycles. The maximum atomic E-state index is 11.3. The van der Waals surface area contributed by atoms with E-state index in [0.29, 0.717) is 52.7 Å². The highest BCUT2D eigenvalue weighted by Crippen LogP contribution is 1.98. The second kappa shape index (κ2) is 12.9. The van der Waals surface area contributed by atoms with Crippen LogP contribution in [-0.2, 0) is 23.8 Å². The summed E-state index contributed by atoms with van der Waals surface area (Å²) in [6, 6.07) is 0. The second-order valence-electron chi connectivity index (χ2n) is 4.08. The van der Waals surface area contributed by atoms with Gasteiger partial charge in [0.15, 0.2) is 0 Å². The molecule has 108 valence electrons. The smallest absolute Gasteiger partial charge is 0.137 e. The summed E-state index contributed by atoms with van der Waals surface area (Å²) in [7, 11) is 0. The Labute approximate surface area is 109 Å². The minimum atomic E-state index is 0.0829. The Kier molecular flexibility index (Phi) is 12.5. The van der Waals surface area contributed by atoms with Gasteiger partial charge in [-0.3, -0.25) is 4.79 Å². The number of ketones is 1. The Morgan fingerprint density at radius 2 is 1.33 bits per heavy atom. The fourth-order valence-electron chi connectivity index (χ4n) is 1.11. The maximum absolute atomic E-state index is 11.3. The summed E-state index contributed by atoms with van der Waals surface area (Å²) in [4.78, 5) is 15.6. The number of carbonyl (C=O) groups is 1. The lowest BCUT2D eigenvalue weighted by Crippen LogP contribution is -2.14. The van der Waals surface area contributed by atoms with E-state index in [1.807, 2.05) is 13.8 Å². The van der Waals surface area contributed by atoms with Crippen LogP contribution in [0.25, 0.3) is 0 Å². The largest absolute Gasteiger partial charge is 0.379 e. The van der Waals surface area contributed by atoms with Gasteiger partial charge in [0.25, 0.3) is 0 Å². The molecular formula is C12H25NO5. The third-order valence-corrected chi connectivity index (χ3v) is 2.23. The Morgan fingerprint density at radius 3 is 1.78 bits per heavy atom. The zero-order chi connectivity index (χ0) is 13.6. The molecule has 0 aliphatic carbocycles. The maximum Gasteiger partial charge on any atom is 0.137 e. The van der Waals surface area contributed by atoms with Gasteiger partial charge in [-0.25, -0.2) is 5.90 Å². The fraction of sp³-hybridized carbons (Fsp3) is 0.917. The number of hydrogen-bond donors (Lipinski definition) is 1. The van der Waals surface area contributed by atoms with Crippen LogP contribution >= 0.6 is 0 Å². The van der Waals surface area contributed by atoms with Crippen molar-refractivity contribution in [2.24, 2.45) is 11.8 Å². The molecule has 0 aliphatic rings. The summed E-state index contributed by atoms with van der Waals surface area (Å²) < 4.78 is 15.7. The molecule has 0 spiro atoms. The van der Waals surface area contributed by atoms with Crippen LogP contribution < -0.4 is 5.90 Å². The molecule has 6 heteroatoms. The van der Waals surface area contributed by atoms with Crippen LogP contribution in [0.3, 0.4) is 0 Å². The Hall–Kier alpha value is -0.530. The molecule has 0 aromatic carbocycles. The summed E-state index contributed by atoms with van der Waals surface area (Å²) in [5, 5.41) is 0. The molecule has 0 aromatic rings. The van der Waals surface area contributed by atoms with E-state index in [-0.39, 0.29) is 11.7 Å². The molecule has 18 heavy (non-hydrogen) atoms. The van der Waals surface area contributed by atoms with Gasteiger partial charge in [0.1, 0.15) is 5.78 Å². The van der Waals surface area contributed by atoms with Crippen LogP contribution in [0.1, 0.15) is 20.3 Å². The van der Waals surface area contributed by atoms with Crippen molar-refractivity contribution in [3.8, 4) is 0 Å². The summed E-state index contributed by atoms with van der Waals surface area (Å²) in [6.07, 6.45) is 0.472. The van der Waals surface area contributed by atoms with Crippen LogP contribution in [0, 0.1) is 5.92 Å². The summed E-state index contributed by atoms with van der Waals surface area (Å²) in [5.74, 6) is 5.14. The predicted molar refractivity (Wildman–Crippen MR) is 67.1 cm³/mol. The molecule has 6 nitrogen and oxygen atoms in total. The lowest BCUT2D eigenvalue weighted by atomic mass is 10.1. The first-order valence-corrected chi connectivity index (χ1v) is 6.26. The first-order valence-electron chi connectivity index (χ1n) is 6.26. The second-order valence-corrected chi connectivity index (χ2v) is 4.08. The number of rotatable bonds is 13. The summed E-state index contributed by atoms with van der Waals surface area (Å²) in [5.41, 5.74) is 0. The van der Waals surface area contributed by atoms with Crippen molar-refractivity contribution in [3.63, 3.8) is 0 Å². The number of carbonyl (C=O) groups excluding carboxylic acids is 1. The van der Waals surface area contributed by atoms with Gasteiger partial charge in [-0.1, -0.05) is 13.8 Å². The quantitative estimate of drug-likeness (QED) is 0.386. The van der Waals surface area contributed by atoms with Gasteiger partial charge < -0.3 is 19.0 Å². The first kappa shape index (κ1) is 17.5. The minimum Gasteiger partial charge on any atom is -0.379 e. The molecule has 0 amide bonds. The molecule has 0 radical (unpaired) electrons.